The molecule has 0 atom stereocenters. The van der Waals surface area contributed by atoms with E-state index in [0.717, 1.165) is 5.56 Å². The fourth-order valence-corrected chi connectivity index (χ4v) is 1.21. The molecule has 15 heavy (non-hydrogen) atoms. The summed E-state index contributed by atoms with van der Waals surface area (Å²) < 4.78 is 4.63. The fourth-order valence-electron chi connectivity index (χ4n) is 1.21. The van der Waals surface area contributed by atoms with E-state index in [-0.39, 0.29) is 5.76 Å². The van der Waals surface area contributed by atoms with Crippen molar-refractivity contribution in [2.45, 2.75) is 6.42 Å². The van der Waals surface area contributed by atoms with Crippen LogP contribution in [-0.2, 0) is 6.42 Å². The van der Waals surface area contributed by atoms with Crippen molar-refractivity contribution in [2.75, 3.05) is 0 Å². The second kappa shape index (κ2) is 3.91. The van der Waals surface area contributed by atoms with E-state index in [1.165, 1.54) is 6.07 Å². The third-order valence-corrected chi connectivity index (χ3v) is 1.90. The summed E-state index contributed by atoms with van der Waals surface area (Å²) in [6.07, 6.45) is 3.89. The maximum atomic E-state index is 10.5. The Balaban J connectivity index is 2.15. The summed E-state index contributed by atoms with van der Waals surface area (Å²) in [5.41, 5.74) is 1.61. The molecule has 1 N–H and O–H groups in total. The van der Waals surface area contributed by atoms with Gasteiger partial charge in [0.25, 0.3) is 0 Å². The Labute approximate surface area is 85.4 Å². The maximum Gasteiger partial charge on any atom is 0.374 e. The second-order valence-corrected chi connectivity index (χ2v) is 3.02. The molecule has 5 heteroatoms. The minimum atomic E-state index is -1.11. The predicted molar refractivity (Wildman–Crippen MR) is 50.5 cm³/mol. The summed E-state index contributed by atoms with van der Waals surface area (Å²) >= 11 is 0. The van der Waals surface area contributed by atoms with Crippen LogP contribution >= 0.6 is 0 Å². The maximum absolute atomic E-state index is 10.5. The molecule has 2 heterocycles. The number of aromatic carboxylic acids is 1. The van der Waals surface area contributed by atoms with Gasteiger partial charge in [0.2, 0.25) is 5.76 Å². The summed E-state index contributed by atoms with van der Waals surface area (Å²) in [5.74, 6) is -1.25. The van der Waals surface area contributed by atoms with Crippen molar-refractivity contribution < 1.29 is 14.4 Å². The molecule has 0 aliphatic carbocycles. The van der Waals surface area contributed by atoms with Crippen molar-refractivity contribution in [3.05, 3.63) is 47.6 Å². The highest BCUT2D eigenvalue weighted by atomic mass is 16.5. The first-order valence-electron chi connectivity index (χ1n) is 4.33. The van der Waals surface area contributed by atoms with Gasteiger partial charge >= 0.3 is 5.97 Å². The largest absolute Gasteiger partial charge is 0.475 e. The Morgan fingerprint density at radius 1 is 1.40 bits per heavy atom. The number of carbonyl (C=O) groups is 1. The number of nitrogens with zero attached hydrogens (tertiary/aromatic N) is 2. The Morgan fingerprint density at radius 3 is 2.73 bits per heavy atom. The van der Waals surface area contributed by atoms with E-state index in [1.807, 2.05) is 12.1 Å². The van der Waals surface area contributed by atoms with E-state index in [2.05, 4.69) is 14.7 Å². The van der Waals surface area contributed by atoms with Crippen LogP contribution in [-0.4, -0.2) is 21.2 Å². The van der Waals surface area contributed by atoms with Gasteiger partial charge in [-0.1, -0.05) is 5.16 Å². The lowest BCUT2D eigenvalue weighted by molar-refractivity contribution is 0.0652. The van der Waals surface area contributed by atoms with Crippen LogP contribution in [0.15, 0.2) is 35.1 Å². The molecule has 0 bridgehead atoms. The number of hydrogen-bond acceptors (Lipinski definition) is 4. The Hall–Kier alpha value is -2.17. The van der Waals surface area contributed by atoms with Gasteiger partial charge in [-0.2, -0.15) is 0 Å². The number of pyridine rings is 1. The summed E-state index contributed by atoms with van der Waals surface area (Å²) in [4.78, 5) is 14.4. The van der Waals surface area contributed by atoms with Gasteiger partial charge < -0.3 is 9.63 Å². The first-order chi connectivity index (χ1) is 7.25. The molecule has 2 aromatic heterocycles. The standard InChI is InChI=1S/C10H8N2O3/c13-10(14)9-6-8(12-15-9)5-7-1-3-11-4-2-7/h1-4,6H,5H2,(H,13,14). The first-order valence-corrected chi connectivity index (χ1v) is 4.33. The molecule has 5 nitrogen and oxygen atoms in total. The summed E-state index contributed by atoms with van der Waals surface area (Å²) in [5, 5.41) is 12.3. The van der Waals surface area contributed by atoms with E-state index < -0.39 is 5.97 Å². The minimum absolute atomic E-state index is 0.140. The predicted octanol–water partition coefficient (Wildman–Crippen LogP) is 1.36. The molecule has 0 aromatic carbocycles. The van der Waals surface area contributed by atoms with Crippen LogP contribution in [0.3, 0.4) is 0 Å². The molecule has 0 saturated carbocycles. The molecule has 0 unspecified atom stereocenters. The van der Waals surface area contributed by atoms with Gasteiger partial charge in [-0.25, -0.2) is 4.79 Å². The molecular formula is C10H8N2O3. The normalized spacial score (nSPS) is 10.1. The zero-order valence-electron chi connectivity index (χ0n) is 7.75. The molecule has 0 aliphatic rings. The fraction of sp³-hybridized carbons (Fsp3) is 0.100. The van der Waals surface area contributed by atoms with Crippen LogP contribution in [0.4, 0.5) is 0 Å². The lowest BCUT2D eigenvalue weighted by Gasteiger charge is -1.94. The zero-order chi connectivity index (χ0) is 10.7. The molecular weight excluding hydrogens is 196 g/mol. The number of carboxylic acids is 1. The highest BCUT2D eigenvalue weighted by Gasteiger charge is 2.10. The number of aromatic nitrogens is 2. The number of rotatable bonds is 3. The van der Waals surface area contributed by atoms with Crippen molar-refractivity contribution in [3.63, 3.8) is 0 Å². The third-order valence-electron chi connectivity index (χ3n) is 1.90. The molecule has 0 radical (unpaired) electrons. The summed E-state index contributed by atoms with van der Waals surface area (Å²) in [6.45, 7) is 0. The SMILES string of the molecule is O=C(O)c1cc(Cc2ccncc2)no1. The van der Waals surface area contributed by atoms with E-state index in [1.54, 1.807) is 12.4 Å². The van der Waals surface area contributed by atoms with Crippen LogP contribution in [0.25, 0.3) is 0 Å². The number of carboxylic acid groups (broad SMARTS) is 1. The lowest BCUT2D eigenvalue weighted by Crippen LogP contribution is -1.92. The molecule has 76 valence electrons. The highest BCUT2D eigenvalue weighted by molar-refractivity contribution is 5.84. The van der Waals surface area contributed by atoms with E-state index >= 15 is 0 Å². The molecule has 0 amide bonds. The van der Waals surface area contributed by atoms with Gasteiger partial charge in [0.05, 0.1) is 5.69 Å². The monoisotopic (exact) mass is 204 g/mol. The highest BCUT2D eigenvalue weighted by Crippen LogP contribution is 2.09. The average Bonchev–Trinajstić information content (AvgIpc) is 2.68. The van der Waals surface area contributed by atoms with E-state index in [0.29, 0.717) is 12.1 Å². The topological polar surface area (TPSA) is 76.2 Å². The van der Waals surface area contributed by atoms with Crippen molar-refractivity contribution in [1.29, 1.82) is 0 Å². The van der Waals surface area contributed by atoms with Crippen molar-refractivity contribution in [1.82, 2.24) is 10.1 Å². The summed E-state index contributed by atoms with van der Waals surface area (Å²) in [7, 11) is 0. The van der Waals surface area contributed by atoms with Gasteiger partial charge in [-0.3, -0.25) is 4.98 Å². The van der Waals surface area contributed by atoms with Crippen LogP contribution in [0.5, 0.6) is 0 Å². The second-order valence-electron chi connectivity index (χ2n) is 3.02. The van der Waals surface area contributed by atoms with Crippen molar-refractivity contribution >= 4 is 5.97 Å². The van der Waals surface area contributed by atoms with Crippen molar-refractivity contribution in [2.24, 2.45) is 0 Å². The lowest BCUT2D eigenvalue weighted by atomic mass is 10.1. The van der Waals surface area contributed by atoms with Crippen LogP contribution < -0.4 is 0 Å². The van der Waals surface area contributed by atoms with Crippen LogP contribution in [0.1, 0.15) is 21.8 Å². The molecule has 2 rings (SSSR count). The number of hydrogen-bond donors (Lipinski definition) is 1. The van der Waals surface area contributed by atoms with Gasteiger partial charge in [0, 0.05) is 24.9 Å². The van der Waals surface area contributed by atoms with Gasteiger partial charge in [-0.05, 0) is 17.7 Å². The van der Waals surface area contributed by atoms with Crippen LogP contribution in [0, 0.1) is 0 Å². The minimum Gasteiger partial charge on any atom is -0.475 e. The third kappa shape index (κ3) is 2.19. The molecule has 0 aliphatic heterocycles. The quantitative estimate of drug-likeness (QED) is 0.816. The molecule has 2 aromatic rings. The zero-order valence-corrected chi connectivity index (χ0v) is 7.75. The Morgan fingerprint density at radius 2 is 2.13 bits per heavy atom. The van der Waals surface area contributed by atoms with E-state index in [4.69, 9.17) is 5.11 Å². The Bertz CT molecular complexity index is 465. The Kier molecular flexibility index (Phi) is 2.45. The smallest absolute Gasteiger partial charge is 0.374 e. The van der Waals surface area contributed by atoms with Gasteiger partial charge in [0.1, 0.15) is 0 Å². The molecule has 0 fully saturated rings. The molecule has 0 saturated heterocycles. The summed E-state index contributed by atoms with van der Waals surface area (Å²) in [6, 6.07) is 5.10. The molecule has 0 spiro atoms. The first kappa shape index (κ1) is 9.39. The van der Waals surface area contributed by atoms with Crippen molar-refractivity contribution in [3.8, 4) is 0 Å². The van der Waals surface area contributed by atoms with Crippen LogP contribution in [0.2, 0.25) is 0 Å². The average molecular weight is 204 g/mol. The van der Waals surface area contributed by atoms with E-state index in [9.17, 15) is 4.79 Å². The van der Waals surface area contributed by atoms with Gasteiger partial charge in [0.15, 0.2) is 0 Å². The van der Waals surface area contributed by atoms with Gasteiger partial charge in [-0.15, -0.1) is 0 Å².